The van der Waals surface area contributed by atoms with Crippen molar-refractivity contribution in [3.8, 4) is 0 Å². The summed E-state index contributed by atoms with van der Waals surface area (Å²) in [5.41, 5.74) is 1.46. The molecule has 2 heteroatoms. The second-order valence-corrected chi connectivity index (χ2v) is 9.44. The Morgan fingerprint density at radius 2 is 1.19 bits per heavy atom. The van der Waals surface area contributed by atoms with Crippen molar-refractivity contribution in [2.75, 3.05) is 0 Å². The van der Waals surface area contributed by atoms with E-state index in [-0.39, 0.29) is 0 Å². The summed E-state index contributed by atoms with van der Waals surface area (Å²) in [5.74, 6) is 1.15. The minimum Gasteiger partial charge on any atom is -0.0965 e. The maximum absolute atomic E-state index is 4.63. The summed E-state index contributed by atoms with van der Waals surface area (Å²) in [5, 5.41) is 0. The molecule has 0 aromatic heterocycles. The average molecular weight is 424 g/mol. The molecule has 0 radical (unpaired) electrons. The number of benzene rings is 1. The molecular formula is C29H47N2+. The van der Waals surface area contributed by atoms with Crippen molar-refractivity contribution >= 4 is 12.4 Å². The van der Waals surface area contributed by atoms with Crippen LogP contribution >= 0.6 is 0 Å². The molecule has 0 bridgehead atoms. The largest absolute Gasteiger partial charge is 0.244 e. The third-order valence-corrected chi connectivity index (χ3v) is 6.77. The summed E-state index contributed by atoms with van der Waals surface area (Å²) in [4.78, 5) is 9.25. The van der Waals surface area contributed by atoms with Crippen LogP contribution in [0.2, 0.25) is 0 Å². The van der Waals surface area contributed by atoms with Crippen LogP contribution in [0.1, 0.15) is 116 Å². The van der Waals surface area contributed by atoms with Crippen LogP contribution in [0.3, 0.4) is 0 Å². The minimum absolute atomic E-state index is 0.498. The van der Waals surface area contributed by atoms with Crippen molar-refractivity contribution in [1.29, 1.82) is 0 Å². The predicted octanol–water partition coefficient (Wildman–Crippen LogP) is 9.00. The summed E-state index contributed by atoms with van der Waals surface area (Å²) >= 11 is 0. The zero-order valence-electron chi connectivity index (χ0n) is 20.4. The summed E-state index contributed by atoms with van der Waals surface area (Å²) in [6.07, 6.45) is 26.5. The number of nitrogens with zero attached hydrogens (tertiary/aromatic N) is 2. The Balaban J connectivity index is 1.76. The third kappa shape index (κ3) is 11.0. The maximum atomic E-state index is 4.63. The van der Waals surface area contributed by atoms with E-state index in [1.807, 2.05) is 12.4 Å². The highest BCUT2D eigenvalue weighted by Crippen LogP contribution is 2.36. The second-order valence-electron chi connectivity index (χ2n) is 9.44. The predicted molar refractivity (Wildman–Crippen MR) is 138 cm³/mol. The van der Waals surface area contributed by atoms with E-state index in [1.54, 1.807) is 0 Å². The Hall–Kier alpha value is -1.57. The molecule has 2 nitrogen and oxygen atoms in total. The summed E-state index contributed by atoms with van der Waals surface area (Å²) < 4.78 is 0. The zero-order valence-corrected chi connectivity index (χ0v) is 20.4. The lowest BCUT2D eigenvalue weighted by Gasteiger charge is -2.26. The van der Waals surface area contributed by atoms with Gasteiger partial charge in [-0.3, -0.25) is 0 Å². The molecule has 1 aromatic carbocycles. The second kappa shape index (κ2) is 17.0. The van der Waals surface area contributed by atoms with Crippen molar-refractivity contribution in [3.63, 3.8) is 0 Å². The van der Waals surface area contributed by atoms with Crippen molar-refractivity contribution < 1.29 is 0 Å². The number of aliphatic imine (C=N–C) groups is 2. The van der Waals surface area contributed by atoms with Crippen LogP contribution < -0.4 is 0 Å². The highest BCUT2D eigenvalue weighted by Gasteiger charge is 2.35. The molecule has 2 rings (SSSR count). The van der Waals surface area contributed by atoms with Gasteiger partial charge in [0.1, 0.15) is 0 Å². The summed E-state index contributed by atoms with van der Waals surface area (Å²) in [6.45, 7) is 4.59. The normalized spacial score (nSPS) is 15.0. The standard InChI is InChI=1S/C29H47N2/c1-3-5-7-8-9-10-11-12-13-14-18-21-27(25-26-19-16-15-17-20-26)28(22-6-4-2)29-30-23-24-31-29/h15-17,19-20,23-24,27-28H,3-14,18,21-22,25H2,1-2H3/q+1. The van der Waals surface area contributed by atoms with Gasteiger partial charge < -0.3 is 0 Å². The van der Waals surface area contributed by atoms with Crippen LogP contribution in [-0.4, -0.2) is 12.4 Å². The molecule has 0 aliphatic carbocycles. The molecule has 1 aliphatic rings. The molecule has 172 valence electrons. The highest BCUT2D eigenvalue weighted by molar-refractivity contribution is 6.18. The molecule has 2 unspecified atom stereocenters. The summed E-state index contributed by atoms with van der Waals surface area (Å²) in [7, 11) is 0. The van der Waals surface area contributed by atoms with Crippen LogP contribution in [0.25, 0.3) is 0 Å². The Kier molecular flexibility index (Phi) is 14.1. The van der Waals surface area contributed by atoms with E-state index in [4.69, 9.17) is 0 Å². The fourth-order valence-electron chi connectivity index (χ4n) is 4.88. The molecule has 2 atom stereocenters. The molecule has 1 aliphatic heterocycles. The first-order valence-electron chi connectivity index (χ1n) is 13.3. The van der Waals surface area contributed by atoms with Gasteiger partial charge in [0, 0.05) is 0 Å². The first-order valence-corrected chi connectivity index (χ1v) is 13.3. The van der Waals surface area contributed by atoms with Gasteiger partial charge in [0.05, 0.1) is 5.92 Å². The van der Waals surface area contributed by atoms with Crippen LogP contribution in [-0.2, 0) is 6.42 Å². The topological polar surface area (TPSA) is 24.7 Å². The van der Waals surface area contributed by atoms with Gasteiger partial charge in [0.15, 0.2) is 12.4 Å². The molecule has 0 saturated carbocycles. The molecule has 31 heavy (non-hydrogen) atoms. The van der Waals surface area contributed by atoms with E-state index in [1.165, 1.54) is 102 Å². The molecule has 0 spiro atoms. The highest BCUT2D eigenvalue weighted by atomic mass is 15.0. The fraction of sp³-hybridized carbons (Fsp3) is 0.690. The monoisotopic (exact) mass is 423 g/mol. The Bertz CT molecular complexity index is 580. The quantitative estimate of drug-likeness (QED) is 0.157. The number of unbranched alkanes of at least 4 members (excludes halogenated alkanes) is 11. The van der Waals surface area contributed by atoms with Crippen molar-refractivity contribution in [3.05, 3.63) is 42.1 Å². The Morgan fingerprint density at radius 1 is 0.645 bits per heavy atom. The molecule has 0 amide bonds. The number of hydrogen-bond donors (Lipinski definition) is 0. The van der Waals surface area contributed by atoms with Gasteiger partial charge in [-0.05, 0) is 30.7 Å². The average Bonchev–Trinajstić information content (AvgIpc) is 3.33. The summed E-state index contributed by atoms with van der Waals surface area (Å²) in [6, 6.07) is 11.0. The van der Waals surface area contributed by atoms with Crippen LogP contribution in [0.4, 0.5) is 0 Å². The smallest absolute Gasteiger partial charge is 0.0965 e. The number of rotatable bonds is 19. The molecule has 1 aromatic rings. The van der Waals surface area contributed by atoms with E-state index in [0.29, 0.717) is 11.8 Å². The lowest BCUT2D eigenvalue weighted by Crippen LogP contribution is -2.22. The van der Waals surface area contributed by atoms with Crippen molar-refractivity contribution in [1.82, 2.24) is 0 Å². The van der Waals surface area contributed by atoms with Gasteiger partial charge in [-0.2, -0.15) is 0 Å². The van der Waals surface area contributed by atoms with Crippen molar-refractivity contribution in [2.45, 2.75) is 117 Å². The van der Waals surface area contributed by atoms with Crippen LogP contribution in [0, 0.1) is 18.0 Å². The lowest BCUT2D eigenvalue weighted by molar-refractivity contribution is 0.286. The number of hydrogen-bond acceptors (Lipinski definition) is 2. The molecule has 0 N–H and O–H groups in total. The lowest BCUT2D eigenvalue weighted by atomic mass is 9.78. The molecule has 0 saturated heterocycles. The van der Waals surface area contributed by atoms with E-state index < -0.39 is 0 Å². The zero-order chi connectivity index (χ0) is 22.0. The first kappa shape index (κ1) is 25.7. The van der Waals surface area contributed by atoms with E-state index in [0.717, 1.165) is 12.6 Å². The Labute approximate surface area is 193 Å². The van der Waals surface area contributed by atoms with Gasteiger partial charge in [-0.1, -0.05) is 138 Å². The molecular weight excluding hydrogens is 376 g/mol. The maximum Gasteiger partial charge on any atom is 0.244 e. The Morgan fingerprint density at radius 3 is 1.77 bits per heavy atom. The van der Waals surface area contributed by atoms with E-state index in [2.05, 4.69) is 54.2 Å². The minimum atomic E-state index is 0.498. The van der Waals surface area contributed by atoms with Crippen molar-refractivity contribution in [2.24, 2.45) is 21.8 Å². The van der Waals surface area contributed by atoms with Gasteiger partial charge in [-0.25, -0.2) is 0 Å². The fourth-order valence-corrected chi connectivity index (χ4v) is 4.88. The van der Waals surface area contributed by atoms with Crippen LogP contribution in [0.15, 0.2) is 40.3 Å². The van der Waals surface area contributed by atoms with Gasteiger partial charge in [-0.15, -0.1) is 0 Å². The SMILES string of the molecule is CCCCCCCCCCCCCC(Cc1ccccc1)C(CCCC)[C+]1N=CC=N1. The molecule has 0 fully saturated rings. The first-order chi connectivity index (χ1) is 15.3. The van der Waals surface area contributed by atoms with E-state index >= 15 is 0 Å². The van der Waals surface area contributed by atoms with Gasteiger partial charge in [0.25, 0.3) is 0 Å². The van der Waals surface area contributed by atoms with Gasteiger partial charge in [0.2, 0.25) is 6.17 Å². The third-order valence-electron chi connectivity index (χ3n) is 6.77. The van der Waals surface area contributed by atoms with E-state index in [9.17, 15) is 0 Å². The van der Waals surface area contributed by atoms with Crippen LogP contribution in [0.5, 0.6) is 0 Å². The van der Waals surface area contributed by atoms with Gasteiger partial charge >= 0.3 is 0 Å². The molecule has 1 heterocycles.